The highest BCUT2D eigenvalue weighted by Gasteiger charge is 2.31. The lowest BCUT2D eigenvalue weighted by Crippen LogP contribution is -2.57. The van der Waals surface area contributed by atoms with Gasteiger partial charge in [0.25, 0.3) is 5.91 Å². The Bertz CT molecular complexity index is 554. The molecule has 0 unspecified atom stereocenters. The minimum Gasteiger partial charge on any atom is -0.394 e. The first-order chi connectivity index (χ1) is 9.64. The van der Waals surface area contributed by atoms with Gasteiger partial charge < -0.3 is 25.2 Å². The molecule has 0 aliphatic rings. The summed E-state index contributed by atoms with van der Waals surface area (Å²) < 4.78 is 5.06. The Labute approximate surface area is 118 Å². The SMILES string of the molecule is O=C(NC(CO)(CO)CO)c1cc(-c2cccs2)on1. The molecule has 108 valence electrons. The number of nitrogens with one attached hydrogen (secondary N) is 1. The minimum atomic E-state index is -1.49. The fourth-order valence-electron chi connectivity index (χ4n) is 1.49. The lowest BCUT2D eigenvalue weighted by atomic mass is 10.0. The van der Waals surface area contributed by atoms with Gasteiger partial charge in [-0.15, -0.1) is 11.3 Å². The van der Waals surface area contributed by atoms with Crippen LogP contribution in [0.25, 0.3) is 10.6 Å². The number of carbonyl (C=O) groups excluding carboxylic acids is 1. The zero-order valence-electron chi connectivity index (χ0n) is 10.4. The third-order valence-corrected chi connectivity index (χ3v) is 3.68. The third kappa shape index (κ3) is 2.88. The van der Waals surface area contributed by atoms with Gasteiger partial charge >= 0.3 is 0 Å². The van der Waals surface area contributed by atoms with Crippen LogP contribution >= 0.6 is 11.3 Å². The molecule has 7 nitrogen and oxygen atoms in total. The second kappa shape index (κ2) is 6.14. The van der Waals surface area contributed by atoms with E-state index >= 15 is 0 Å². The second-order valence-corrected chi connectivity index (χ2v) is 5.21. The van der Waals surface area contributed by atoms with Gasteiger partial charge in [0.1, 0.15) is 5.54 Å². The predicted molar refractivity (Wildman–Crippen MR) is 71.3 cm³/mol. The highest BCUT2D eigenvalue weighted by atomic mass is 32.1. The molecule has 0 radical (unpaired) electrons. The molecular formula is C12H14N2O5S. The van der Waals surface area contributed by atoms with Crippen LogP contribution in [0.3, 0.4) is 0 Å². The fourth-order valence-corrected chi connectivity index (χ4v) is 2.16. The molecule has 1 amide bonds. The molecule has 2 aromatic heterocycles. The van der Waals surface area contributed by atoms with E-state index in [1.54, 1.807) is 0 Å². The smallest absolute Gasteiger partial charge is 0.274 e. The number of amides is 1. The summed E-state index contributed by atoms with van der Waals surface area (Å²) in [5.74, 6) is -0.193. The van der Waals surface area contributed by atoms with E-state index in [4.69, 9.17) is 19.8 Å². The summed E-state index contributed by atoms with van der Waals surface area (Å²) >= 11 is 1.44. The van der Waals surface area contributed by atoms with Crippen molar-refractivity contribution in [2.45, 2.75) is 5.54 Å². The fraction of sp³-hybridized carbons (Fsp3) is 0.333. The summed E-state index contributed by atoms with van der Waals surface area (Å²) in [4.78, 5) is 12.8. The zero-order chi connectivity index (χ0) is 14.6. The molecule has 2 heterocycles. The molecule has 0 aromatic carbocycles. The van der Waals surface area contributed by atoms with Crippen LogP contribution in [0.1, 0.15) is 10.5 Å². The second-order valence-electron chi connectivity index (χ2n) is 4.26. The van der Waals surface area contributed by atoms with Gasteiger partial charge in [-0.2, -0.15) is 0 Å². The van der Waals surface area contributed by atoms with Crippen molar-refractivity contribution in [3.05, 3.63) is 29.3 Å². The number of hydrogen-bond acceptors (Lipinski definition) is 7. The first-order valence-corrected chi connectivity index (χ1v) is 6.68. The zero-order valence-corrected chi connectivity index (χ0v) is 11.3. The summed E-state index contributed by atoms with van der Waals surface area (Å²) in [5.41, 5.74) is -1.48. The van der Waals surface area contributed by atoms with Crippen molar-refractivity contribution in [1.82, 2.24) is 10.5 Å². The van der Waals surface area contributed by atoms with Crippen LogP contribution in [0.5, 0.6) is 0 Å². The minimum absolute atomic E-state index is 0.00752. The Morgan fingerprint density at radius 1 is 1.35 bits per heavy atom. The van der Waals surface area contributed by atoms with Gasteiger partial charge in [0.05, 0.1) is 24.7 Å². The van der Waals surface area contributed by atoms with Crippen molar-refractivity contribution in [1.29, 1.82) is 0 Å². The van der Waals surface area contributed by atoms with Gasteiger partial charge in [-0.3, -0.25) is 4.79 Å². The van der Waals surface area contributed by atoms with Crippen LogP contribution in [0.2, 0.25) is 0 Å². The van der Waals surface area contributed by atoms with E-state index in [9.17, 15) is 4.79 Å². The van der Waals surface area contributed by atoms with Crippen molar-refractivity contribution in [3.63, 3.8) is 0 Å². The average molecular weight is 298 g/mol. The van der Waals surface area contributed by atoms with Crippen molar-refractivity contribution in [2.75, 3.05) is 19.8 Å². The summed E-state index contributed by atoms with van der Waals surface area (Å²) in [6.07, 6.45) is 0. The number of rotatable bonds is 6. The van der Waals surface area contributed by atoms with Crippen molar-refractivity contribution >= 4 is 17.2 Å². The van der Waals surface area contributed by atoms with E-state index in [1.165, 1.54) is 17.4 Å². The Hall–Kier alpha value is -1.74. The predicted octanol–water partition coefficient (Wildman–Crippen LogP) is -0.151. The highest BCUT2D eigenvalue weighted by Crippen LogP contribution is 2.25. The number of aliphatic hydroxyl groups is 3. The normalized spacial score (nSPS) is 11.6. The molecule has 4 N–H and O–H groups in total. The standard InChI is InChI=1S/C12H14N2O5S/c15-5-12(6-16,7-17)13-11(18)8-4-9(19-14-8)10-2-1-3-20-10/h1-4,15-17H,5-7H2,(H,13,18). The van der Waals surface area contributed by atoms with Crippen molar-refractivity contribution < 1.29 is 24.6 Å². The van der Waals surface area contributed by atoms with Gasteiger partial charge in [-0.1, -0.05) is 11.2 Å². The molecule has 0 aliphatic heterocycles. The monoisotopic (exact) mass is 298 g/mol. The topological polar surface area (TPSA) is 116 Å². The van der Waals surface area contributed by atoms with E-state index in [2.05, 4.69) is 10.5 Å². The van der Waals surface area contributed by atoms with Gasteiger partial charge in [-0.25, -0.2) is 0 Å². The number of hydrogen-bond donors (Lipinski definition) is 4. The maximum atomic E-state index is 12.0. The summed E-state index contributed by atoms with van der Waals surface area (Å²) in [6.45, 7) is -1.79. The molecular weight excluding hydrogens is 284 g/mol. The maximum Gasteiger partial charge on any atom is 0.274 e. The molecule has 0 spiro atoms. The number of nitrogens with zero attached hydrogens (tertiary/aromatic N) is 1. The molecule has 2 rings (SSSR count). The van der Waals surface area contributed by atoms with Crippen LogP contribution in [-0.4, -0.2) is 51.7 Å². The number of aliphatic hydroxyl groups excluding tert-OH is 3. The lowest BCUT2D eigenvalue weighted by Gasteiger charge is -2.27. The molecule has 8 heteroatoms. The number of carbonyl (C=O) groups is 1. The van der Waals surface area contributed by atoms with Crippen molar-refractivity contribution in [2.24, 2.45) is 0 Å². The van der Waals surface area contributed by atoms with E-state index in [0.717, 1.165) is 4.88 Å². The van der Waals surface area contributed by atoms with Crippen LogP contribution < -0.4 is 5.32 Å². The quantitative estimate of drug-likeness (QED) is 0.589. The maximum absolute atomic E-state index is 12.0. The molecule has 2 aromatic rings. The van der Waals surface area contributed by atoms with Crippen LogP contribution in [-0.2, 0) is 0 Å². The van der Waals surface area contributed by atoms with Gasteiger partial charge in [0.2, 0.25) is 0 Å². The largest absolute Gasteiger partial charge is 0.394 e. The third-order valence-electron chi connectivity index (χ3n) is 2.79. The first kappa shape index (κ1) is 14.7. The van der Waals surface area contributed by atoms with E-state index in [1.807, 2.05) is 17.5 Å². The molecule has 0 atom stereocenters. The highest BCUT2D eigenvalue weighted by molar-refractivity contribution is 7.13. The van der Waals surface area contributed by atoms with Gasteiger partial charge in [0.15, 0.2) is 11.5 Å². The van der Waals surface area contributed by atoms with E-state index < -0.39 is 31.3 Å². The lowest BCUT2D eigenvalue weighted by molar-refractivity contribution is 0.0371. The Morgan fingerprint density at radius 2 is 2.05 bits per heavy atom. The Balaban J connectivity index is 2.14. The van der Waals surface area contributed by atoms with Crippen LogP contribution in [0, 0.1) is 0 Å². The Morgan fingerprint density at radius 3 is 2.60 bits per heavy atom. The van der Waals surface area contributed by atoms with E-state index in [-0.39, 0.29) is 5.69 Å². The molecule has 0 aliphatic carbocycles. The summed E-state index contributed by atoms with van der Waals surface area (Å²) in [5, 5.41) is 35.3. The van der Waals surface area contributed by atoms with Gasteiger partial charge in [-0.05, 0) is 11.4 Å². The number of aromatic nitrogens is 1. The van der Waals surface area contributed by atoms with E-state index in [0.29, 0.717) is 5.76 Å². The average Bonchev–Trinajstić information content (AvgIpc) is 3.14. The summed E-state index contributed by atoms with van der Waals surface area (Å²) in [7, 11) is 0. The molecule has 0 bridgehead atoms. The molecule has 0 saturated heterocycles. The van der Waals surface area contributed by atoms with Crippen LogP contribution in [0.15, 0.2) is 28.1 Å². The Kier molecular flexibility index (Phi) is 4.50. The first-order valence-electron chi connectivity index (χ1n) is 5.80. The molecule has 0 fully saturated rings. The molecule has 0 saturated carbocycles. The van der Waals surface area contributed by atoms with Crippen molar-refractivity contribution in [3.8, 4) is 10.6 Å². The molecule has 20 heavy (non-hydrogen) atoms. The number of thiophene rings is 1. The van der Waals surface area contributed by atoms with Gasteiger partial charge in [0, 0.05) is 6.07 Å². The summed E-state index contributed by atoms with van der Waals surface area (Å²) in [6, 6.07) is 5.13. The van der Waals surface area contributed by atoms with Crippen LogP contribution in [0.4, 0.5) is 0 Å².